The molecule has 0 atom stereocenters. The van der Waals surface area contributed by atoms with Crippen molar-refractivity contribution in [1.82, 2.24) is 4.90 Å². The molecule has 184 valence electrons. The first kappa shape index (κ1) is 24.7. The van der Waals surface area contributed by atoms with E-state index in [0.717, 1.165) is 11.3 Å². The minimum atomic E-state index is -0.325. The lowest BCUT2D eigenvalue weighted by molar-refractivity contribution is -0.116. The molecule has 0 aromatic heterocycles. The molecule has 0 saturated heterocycles. The minimum absolute atomic E-state index is 0.145. The van der Waals surface area contributed by atoms with Gasteiger partial charge < -0.3 is 15.4 Å². The monoisotopic (exact) mass is 485 g/mol. The molecular weight excluding hydrogens is 458 g/mol. The summed E-state index contributed by atoms with van der Waals surface area (Å²) in [5.41, 5.74) is 3.37. The highest BCUT2D eigenvalue weighted by atomic mass is 16.5. The second-order valence-electron chi connectivity index (χ2n) is 8.45. The Morgan fingerprint density at radius 3 is 2.17 bits per heavy atom. The lowest BCUT2D eigenvalue weighted by atomic mass is 10.1. The van der Waals surface area contributed by atoms with Gasteiger partial charge in [0.2, 0.25) is 5.91 Å². The van der Waals surface area contributed by atoms with Gasteiger partial charge in [-0.15, -0.1) is 0 Å². The smallest absolute Gasteiger partial charge is 0.261 e. The fourth-order valence-corrected chi connectivity index (χ4v) is 3.94. The maximum atomic E-state index is 12.5. The zero-order valence-electron chi connectivity index (χ0n) is 20.2. The molecule has 1 aliphatic heterocycles. The molecule has 4 rings (SSSR count). The highest BCUT2D eigenvalue weighted by molar-refractivity contribution is 6.21. The zero-order chi connectivity index (χ0) is 25.7. The van der Waals surface area contributed by atoms with Crippen LogP contribution >= 0.6 is 0 Å². The van der Waals surface area contributed by atoms with E-state index in [1.807, 2.05) is 13.8 Å². The van der Waals surface area contributed by atoms with Crippen LogP contribution in [0.15, 0.2) is 66.7 Å². The number of benzene rings is 3. The van der Waals surface area contributed by atoms with E-state index >= 15 is 0 Å². The molecule has 0 spiro atoms. The predicted octanol–water partition coefficient (Wildman–Crippen LogP) is 4.66. The van der Waals surface area contributed by atoms with Crippen molar-refractivity contribution in [2.24, 2.45) is 0 Å². The minimum Gasteiger partial charge on any atom is -0.494 e. The second-order valence-corrected chi connectivity index (χ2v) is 8.45. The van der Waals surface area contributed by atoms with E-state index in [1.54, 1.807) is 66.7 Å². The molecule has 0 saturated carbocycles. The van der Waals surface area contributed by atoms with Crippen LogP contribution in [0.1, 0.15) is 56.4 Å². The van der Waals surface area contributed by atoms with Crippen LogP contribution in [0.25, 0.3) is 0 Å². The Morgan fingerprint density at radius 2 is 1.47 bits per heavy atom. The molecule has 0 aliphatic carbocycles. The van der Waals surface area contributed by atoms with Gasteiger partial charge in [0.25, 0.3) is 17.7 Å². The van der Waals surface area contributed by atoms with Crippen molar-refractivity contribution in [2.75, 3.05) is 23.8 Å². The highest BCUT2D eigenvalue weighted by Gasteiger charge is 2.34. The number of amides is 4. The number of rotatable bonds is 9. The number of ether oxygens (including phenoxy) is 1. The molecule has 3 aromatic rings. The van der Waals surface area contributed by atoms with Crippen LogP contribution in [0.4, 0.5) is 11.4 Å². The van der Waals surface area contributed by atoms with Crippen LogP contribution in [0.2, 0.25) is 0 Å². The van der Waals surface area contributed by atoms with Crippen molar-refractivity contribution in [3.63, 3.8) is 0 Å². The average molecular weight is 486 g/mol. The number of carbonyl (C=O) groups excluding carboxylic acids is 4. The Bertz CT molecular complexity index is 1300. The third-order valence-electron chi connectivity index (χ3n) is 5.77. The summed E-state index contributed by atoms with van der Waals surface area (Å²) >= 11 is 0. The first-order valence-corrected chi connectivity index (χ1v) is 11.8. The first-order chi connectivity index (χ1) is 17.4. The summed E-state index contributed by atoms with van der Waals surface area (Å²) < 4.78 is 5.39. The molecule has 36 heavy (non-hydrogen) atoms. The number of hydrogen-bond acceptors (Lipinski definition) is 5. The fraction of sp³-hybridized carbons (Fsp3) is 0.214. The van der Waals surface area contributed by atoms with Gasteiger partial charge in [-0.1, -0.05) is 11.6 Å². The molecule has 1 heterocycles. The zero-order valence-corrected chi connectivity index (χ0v) is 20.2. The van der Waals surface area contributed by atoms with Gasteiger partial charge in [0.15, 0.2) is 0 Å². The lowest BCUT2D eigenvalue weighted by Gasteiger charge is -2.13. The highest BCUT2D eigenvalue weighted by Crippen LogP contribution is 2.24. The van der Waals surface area contributed by atoms with Gasteiger partial charge in [-0.3, -0.25) is 24.1 Å². The number of fused-ring (bicyclic) bond motifs is 1. The molecule has 3 aromatic carbocycles. The summed E-state index contributed by atoms with van der Waals surface area (Å²) in [6.07, 6.45) is 0.491. The maximum Gasteiger partial charge on any atom is 0.261 e. The summed E-state index contributed by atoms with van der Waals surface area (Å²) in [5, 5.41) is 5.59. The van der Waals surface area contributed by atoms with Gasteiger partial charge >= 0.3 is 0 Å². The molecule has 8 heteroatoms. The summed E-state index contributed by atoms with van der Waals surface area (Å²) in [6.45, 7) is 4.51. The topological polar surface area (TPSA) is 105 Å². The second kappa shape index (κ2) is 10.9. The van der Waals surface area contributed by atoms with Gasteiger partial charge in [-0.2, -0.15) is 0 Å². The normalized spacial score (nSPS) is 12.3. The Kier molecular flexibility index (Phi) is 7.44. The van der Waals surface area contributed by atoms with Crippen LogP contribution < -0.4 is 15.4 Å². The Labute approximate surface area is 209 Å². The van der Waals surface area contributed by atoms with E-state index in [4.69, 9.17) is 4.74 Å². The number of nitrogens with zero attached hydrogens (tertiary/aromatic N) is 1. The van der Waals surface area contributed by atoms with Gasteiger partial charge in [0.05, 0.1) is 17.7 Å². The molecule has 4 amide bonds. The number of aryl methyl sites for hydroxylation is 1. The standard InChI is InChI=1S/C28H27N3O5/c1-3-36-22-13-11-21(12-14-22)30-26(33)19-7-9-20(10-8-19)29-25(32)5-4-16-31-27(34)23-15-6-18(2)17-24(23)28(31)35/h6-15,17H,3-5,16H2,1-2H3,(H,29,32)(H,30,33). The van der Waals surface area contributed by atoms with Crippen LogP contribution in [0.5, 0.6) is 5.75 Å². The molecule has 2 N–H and O–H groups in total. The third kappa shape index (κ3) is 5.60. The number of nitrogens with one attached hydrogen (secondary N) is 2. The van der Waals surface area contributed by atoms with Crippen molar-refractivity contribution < 1.29 is 23.9 Å². The SMILES string of the molecule is CCOc1ccc(NC(=O)c2ccc(NC(=O)CCCN3C(=O)c4ccc(C)cc4C3=O)cc2)cc1. The van der Waals surface area contributed by atoms with Gasteiger partial charge in [0, 0.05) is 29.9 Å². The van der Waals surface area contributed by atoms with Gasteiger partial charge in [-0.05, 0) is 80.9 Å². The van der Waals surface area contributed by atoms with Gasteiger partial charge in [-0.25, -0.2) is 0 Å². The maximum absolute atomic E-state index is 12.5. The molecule has 0 unspecified atom stereocenters. The van der Waals surface area contributed by atoms with Crippen molar-refractivity contribution in [2.45, 2.75) is 26.7 Å². The first-order valence-electron chi connectivity index (χ1n) is 11.8. The van der Waals surface area contributed by atoms with Crippen LogP contribution in [-0.2, 0) is 4.79 Å². The van der Waals surface area contributed by atoms with Crippen LogP contribution in [-0.4, -0.2) is 41.7 Å². The van der Waals surface area contributed by atoms with Crippen LogP contribution in [0.3, 0.4) is 0 Å². The van der Waals surface area contributed by atoms with Gasteiger partial charge in [0.1, 0.15) is 5.75 Å². The van der Waals surface area contributed by atoms with E-state index in [-0.39, 0.29) is 36.6 Å². The van der Waals surface area contributed by atoms with E-state index in [0.29, 0.717) is 41.1 Å². The summed E-state index contributed by atoms with van der Waals surface area (Å²) in [4.78, 5) is 51.1. The van der Waals surface area contributed by atoms with Crippen molar-refractivity contribution in [3.8, 4) is 5.75 Å². The average Bonchev–Trinajstić information content (AvgIpc) is 3.10. The molecule has 1 aliphatic rings. The summed E-state index contributed by atoms with van der Waals surface area (Å²) in [7, 11) is 0. The van der Waals surface area contributed by atoms with E-state index in [2.05, 4.69) is 10.6 Å². The predicted molar refractivity (Wildman–Crippen MR) is 136 cm³/mol. The van der Waals surface area contributed by atoms with E-state index in [9.17, 15) is 19.2 Å². The van der Waals surface area contributed by atoms with Crippen molar-refractivity contribution >= 4 is 35.0 Å². The van der Waals surface area contributed by atoms with Crippen LogP contribution in [0, 0.1) is 6.92 Å². The Morgan fingerprint density at radius 1 is 0.833 bits per heavy atom. The van der Waals surface area contributed by atoms with E-state index in [1.165, 1.54) is 4.90 Å². The van der Waals surface area contributed by atoms with Crippen molar-refractivity contribution in [1.29, 1.82) is 0 Å². The number of imide groups is 1. The molecule has 0 bridgehead atoms. The number of carbonyl (C=O) groups is 4. The largest absolute Gasteiger partial charge is 0.494 e. The Hall–Kier alpha value is -4.46. The molecule has 8 nitrogen and oxygen atoms in total. The molecule has 0 radical (unpaired) electrons. The van der Waals surface area contributed by atoms with Crippen molar-refractivity contribution in [3.05, 3.63) is 89.0 Å². The van der Waals surface area contributed by atoms with E-state index < -0.39 is 0 Å². The molecular formula is C28H27N3O5. The Balaban J connectivity index is 1.24. The number of hydrogen-bond donors (Lipinski definition) is 2. The molecule has 0 fully saturated rings. The third-order valence-corrected chi connectivity index (χ3v) is 5.77. The summed E-state index contributed by atoms with van der Waals surface area (Å²) in [5.74, 6) is -0.427. The quantitative estimate of drug-likeness (QED) is 0.429. The summed E-state index contributed by atoms with van der Waals surface area (Å²) in [6, 6.07) is 18.8. The number of anilines is 2. The lowest BCUT2D eigenvalue weighted by Crippen LogP contribution is -2.31. The fourth-order valence-electron chi connectivity index (χ4n) is 3.94.